The Hall–Kier alpha value is -2.17. The molecule has 32 heavy (non-hydrogen) atoms. The molecule has 5 nitrogen and oxygen atoms in total. The molecule has 0 radical (unpaired) electrons. The van der Waals surface area contributed by atoms with Crippen LogP contribution in [0.2, 0.25) is 0 Å². The van der Waals surface area contributed by atoms with Gasteiger partial charge in [0.05, 0.1) is 0 Å². The Balaban J connectivity index is 1.77. The van der Waals surface area contributed by atoms with Crippen molar-refractivity contribution in [3.05, 3.63) is 41.0 Å². The minimum absolute atomic E-state index is 0.0576. The largest absolute Gasteiger partial charge is 0.326 e. The molecular weight excluding hydrogens is 396 g/mol. The fourth-order valence-corrected chi connectivity index (χ4v) is 4.52. The number of hydrogen-bond donors (Lipinski definition) is 1. The Kier molecular flexibility index (Phi) is 7.79. The van der Waals surface area contributed by atoms with Gasteiger partial charge in [-0.05, 0) is 68.9 Å². The van der Waals surface area contributed by atoms with E-state index in [9.17, 15) is 4.79 Å². The Morgan fingerprint density at radius 1 is 1.19 bits per heavy atom. The van der Waals surface area contributed by atoms with Crippen LogP contribution in [0.4, 0.5) is 5.69 Å². The molecule has 1 heterocycles. The molecule has 5 heteroatoms. The number of anilines is 1. The van der Waals surface area contributed by atoms with Crippen LogP contribution in [0, 0.1) is 25.2 Å². The van der Waals surface area contributed by atoms with E-state index < -0.39 is 0 Å². The maximum atomic E-state index is 13.0. The molecule has 0 saturated heterocycles. The molecule has 1 amide bonds. The summed E-state index contributed by atoms with van der Waals surface area (Å²) < 4.78 is 2.39. The second-order valence-corrected chi connectivity index (χ2v) is 11.4. The summed E-state index contributed by atoms with van der Waals surface area (Å²) in [6, 6.07) is 6.66. The second kappa shape index (κ2) is 10.2. The van der Waals surface area contributed by atoms with Gasteiger partial charge in [0.2, 0.25) is 5.91 Å². The molecule has 2 aromatic rings. The smallest absolute Gasteiger partial charge is 0.225 e. The highest BCUT2D eigenvalue weighted by atomic mass is 16.1. The molecule has 1 atom stereocenters. The van der Waals surface area contributed by atoms with Gasteiger partial charge in [-0.3, -0.25) is 4.79 Å². The first-order valence-corrected chi connectivity index (χ1v) is 12.3. The van der Waals surface area contributed by atoms with E-state index in [1.165, 1.54) is 24.8 Å². The van der Waals surface area contributed by atoms with Crippen LogP contribution in [0.15, 0.2) is 18.2 Å². The van der Waals surface area contributed by atoms with Crippen molar-refractivity contribution in [2.24, 2.45) is 11.3 Å². The maximum Gasteiger partial charge on any atom is 0.225 e. The summed E-state index contributed by atoms with van der Waals surface area (Å²) in [6.07, 6.45) is 7.03. The van der Waals surface area contributed by atoms with E-state index in [1.807, 2.05) is 19.1 Å². The van der Waals surface area contributed by atoms with E-state index in [1.54, 1.807) is 0 Å². The Labute approximate surface area is 194 Å². The van der Waals surface area contributed by atoms with Crippen LogP contribution in [-0.2, 0) is 11.2 Å². The van der Waals surface area contributed by atoms with Gasteiger partial charge < -0.3 is 9.88 Å². The molecule has 3 rings (SSSR count). The van der Waals surface area contributed by atoms with E-state index in [-0.39, 0.29) is 11.8 Å². The average molecular weight is 439 g/mol. The second-order valence-electron chi connectivity index (χ2n) is 11.4. The average Bonchev–Trinajstić information content (AvgIpc) is 3.42. The number of carbonyl (C=O) groups excluding carboxylic acids is 1. The standard InChI is InChI=1S/C27H42N4O/c1-18(2)15-21(17-25(32)28-23-13-10-19(3)16-20(23)4)26-30-29-24(31(26)22-11-12-22)9-8-14-27(5,6)7/h10,13,16,18,21-22H,8-9,11-12,14-15,17H2,1-7H3,(H,28,32). The van der Waals surface area contributed by atoms with Crippen molar-refractivity contribution in [2.75, 3.05) is 5.32 Å². The molecule has 0 spiro atoms. The van der Waals surface area contributed by atoms with Gasteiger partial charge in [0.1, 0.15) is 11.6 Å². The van der Waals surface area contributed by atoms with Crippen LogP contribution >= 0.6 is 0 Å². The van der Waals surface area contributed by atoms with Gasteiger partial charge in [0.15, 0.2) is 0 Å². The van der Waals surface area contributed by atoms with E-state index in [4.69, 9.17) is 0 Å². The SMILES string of the molecule is Cc1ccc(NC(=O)CC(CC(C)C)c2nnc(CCCC(C)(C)C)n2C2CC2)c(C)c1. The van der Waals surface area contributed by atoms with Gasteiger partial charge in [-0.25, -0.2) is 0 Å². The molecule has 1 aromatic heterocycles. The van der Waals surface area contributed by atoms with E-state index >= 15 is 0 Å². The maximum absolute atomic E-state index is 13.0. The highest BCUT2D eigenvalue weighted by molar-refractivity contribution is 5.92. The number of aryl methyl sites for hydroxylation is 3. The van der Waals surface area contributed by atoms with Crippen molar-refractivity contribution in [1.82, 2.24) is 14.8 Å². The Bertz CT molecular complexity index is 918. The number of carbonyl (C=O) groups is 1. The van der Waals surface area contributed by atoms with Crippen molar-refractivity contribution in [3.63, 3.8) is 0 Å². The number of rotatable bonds is 10. The molecule has 1 unspecified atom stereocenters. The minimum Gasteiger partial charge on any atom is -0.326 e. The fraction of sp³-hybridized carbons (Fsp3) is 0.667. The first kappa shape index (κ1) is 24.5. The Morgan fingerprint density at radius 3 is 2.50 bits per heavy atom. The van der Waals surface area contributed by atoms with Crippen LogP contribution in [0.3, 0.4) is 0 Å². The quantitative estimate of drug-likeness (QED) is 0.446. The summed E-state index contributed by atoms with van der Waals surface area (Å²) in [6.45, 7) is 15.4. The molecule has 1 aromatic carbocycles. The van der Waals surface area contributed by atoms with Crippen molar-refractivity contribution in [1.29, 1.82) is 0 Å². The zero-order chi connectivity index (χ0) is 23.5. The zero-order valence-corrected chi connectivity index (χ0v) is 21.2. The van der Waals surface area contributed by atoms with Crippen LogP contribution < -0.4 is 5.32 Å². The number of nitrogens with zero attached hydrogens (tertiary/aromatic N) is 3. The van der Waals surface area contributed by atoms with Crippen LogP contribution in [-0.4, -0.2) is 20.7 Å². The summed E-state index contributed by atoms with van der Waals surface area (Å²) in [5.41, 5.74) is 3.53. The number of nitrogens with one attached hydrogen (secondary N) is 1. The highest BCUT2D eigenvalue weighted by Crippen LogP contribution is 2.40. The molecule has 1 aliphatic carbocycles. The topological polar surface area (TPSA) is 59.8 Å². The summed E-state index contributed by atoms with van der Waals surface area (Å²) in [5, 5.41) is 12.4. The molecule has 0 bridgehead atoms. The minimum atomic E-state index is 0.0576. The third-order valence-electron chi connectivity index (χ3n) is 6.24. The lowest BCUT2D eigenvalue weighted by atomic mass is 9.90. The predicted octanol–water partition coefficient (Wildman–Crippen LogP) is 6.76. The van der Waals surface area contributed by atoms with Gasteiger partial charge in [0.25, 0.3) is 0 Å². The monoisotopic (exact) mass is 438 g/mol. The zero-order valence-electron chi connectivity index (χ0n) is 21.2. The number of aromatic nitrogens is 3. The summed E-state index contributed by atoms with van der Waals surface area (Å²) in [7, 11) is 0. The number of amides is 1. The van der Waals surface area contributed by atoms with Gasteiger partial charge in [-0.2, -0.15) is 0 Å². The van der Waals surface area contributed by atoms with Crippen LogP contribution in [0.1, 0.15) is 108 Å². The van der Waals surface area contributed by atoms with E-state index in [0.29, 0.717) is 23.8 Å². The summed E-state index contributed by atoms with van der Waals surface area (Å²) in [4.78, 5) is 13.0. The fourth-order valence-electron chi connectivity index (χ4n) is 4.52. The molecule has 1 aliphatic rings. The lowest BCUT2D eigenvalue weighted by Gasteiger charge is -2.21. The van der Waals surface area contributed by atoms with Crippen molar-refractivity contribution in [2.45, 2.75) is 105 Å². The summed E-state index contributed by atoms with van der Waals surface area (Å²) >= 11 is 0. The van der Waals surface area contributed by atoms with Gasteiger partial charge in [-0.15, -0.1) is 10.2 Å². The Morgan fingerprint density at radius 2 is 1.91 bits per heavy atom. The molecule has 176 valence electrons. The lowest BCUT2D eigenvalue weighted by molar-refractivity contribution is -0.116. The normalized spacial score (nSPS) is 15.2. The van der Waals surface area contributed by atoms with Gasteiger partial charge >= 0.3 is 0 Å². The van der Waals surface area contributed by atoms with Crippen molar-refractivity contribution < 1.29 is 4.79 Å². The molecular formula is C27H42N4O. The number of hydrogen-bond acceptors (Lipinski definition) is 3. The number of benzene rings is 1. The predicted molar refractivity (Wildman–Crippen MR) is 132 cm³/mol. The summed E-state index contributed by atoms with van der Waals surface area (Å²) in [5.74, 6) is 2.76. The van der Waals surface area contributed by atoms with Gasteiger partial charge in [-0.1, -0.05) is 52.3 Å². The lowest BCUT2D eigenvalue weighted by Crippen LogP contribution is -2.20. The van der Waals surface area contributed by atoms with Crippen LogP contribution in [0.5, 0.6) is 0 Å². The molecule has 1 fully saturated rings. The van der Waals surface area contributed by atoms with E-state index in [0.717, 1.165) is 42.2 Å². The van der Waals surface area contributed by atoms with Gasteiger partial charge in [0, 0.05) is 30.5 Å². The molecule has 1 saturated carbocycles. The first-order valence-electron chi connectivity index (χ1n) is 12.3. The van der Waals surface area contributed by atoms with Crippen molar-refractivity contribution in [3.8, 4) is 0 Å². The highest BCUT2D eigenvalue weighted by Gasteiger charge is 2.33. The van der Waals surface area contributed by atoms with Crippen molar-refractivity contribution >= 4 is 11.6 Å². The third kappa shape index (κ3) is 6.91. The molecule has 0 aliphatic heterocycles. The molecule has 1 N–H and O–H groups in total. The van der Waals surface area contributed by atoms with Crippen LogP contribution in [0.25, 0.3) is 0 Å². The third-order valence-corrected chi connectivity index (χ3v) is 6.24. The first-order chi connectivity index (χ1) is 15.0. The van der Waals surface area contributed by atoms with E-state index in [2.05, 4.69) is 67.7 Å².